The van der Waals surface area contributed by atoms with Crippen molar-refractivity contribution in [1.29, 1.82) is 0 Å². The van der Waals surface area contributed by atoms with Crippen molar-refractivity contribution in [2.24, 2.45) is 0 Å². The van der Waals surface area contributed by atoms with Crippen LogP contribution in [0.15, 0.2) is 71.5 Å². The number of hydrogen-bond acceptors (Lipinski definition) is 6. The van der Waals surface area contributed by atoms with Crippen molar-refractivity contribution in [1.82, 2.24) is 20.7 Å². The van der Waals surface area contributed by atoms with Crippen LogP contribution in [0.4, 0.5) is 0 Å². The van der Waals surface area contributed by atoms with Crippen LogP contribution in [0.3, 0.4) is 0 Å². The van der Waals surface area contributed by atoms with Crippen molar-refractivity contribution in [2.75, 3.05) is 0 Å². The summed E-state index contributed by atoms with van der Waals surface area (Å²) < 4.78 is 5.44. The summed E-state index contributed by atoms with van der Waals surface area (Å²) in [7, 11) is 0. The highest BCUT2D eigenvalue weighted by Gasteiger charge is 2.34. The standard InChI is InChI=1S/C21H22N4O3/c26-20-9-2-1-8-17(20)18-12-19(24-23-18)21(27)25(14-16-7-5-11-28-16)13-15-6-3-4-10-22-15/h1-11,18-19,23-24,26H,12-14H2. The van der Waals surface area contributed by atoms with E-state index in [2.05, 4.69) is 15.8 Å². The van der Waals surface area contributed by atoms with Gasteiger partial charge in [-0.15, -0.1) is 0 Å². The third-order valence-electron chi connectivity index (χ3n) is 4.83. The van der Waals surface area contributed by atoms with E-state index in [4.69, 9.17) is 4.42 Å². The number of aromatic nitrogens is 1. The number of aromatic hydroxyl groups is 1. The Hall–Kier alpha value is -3.16. The number of furan rings is 1. The number of amides is 1. The summed E-state index contributed by atoms with van der Waals surface area (Å²) in [6, 6.07) is 15.9. The van der Waals surface area contributed by atoms with E-state index in [1.54, 1.807) is 29.5 Å². The SMILES string of the molecule is O=C(C1CC(c2ccccc2O)NN1)N(Cc1ccccn1)Cc1ccco1. The van der Waals surface area contributed by atoms with Gasteiger partial charge >= 0.3 is 0 Å². The van der Waals surface area contributed by atoms with Gasteiger partial charge in [0.25, 0.3) is 0 Å². The number of pyridine rings is 1. The van der Waals surface area contributed by atoms with Crippen LogP contribution < -0.4 is 10.9 Å². The van der Waals surface area contributed by atoms with Crippen LogP contribution in [-0.2, 0) is 17.9 Å². The first kappa shape index (κ1) is 18.2. The van der Waals surface area contributed by atoms with E-state index in [1.165, 1.54) is 0 Å². The Morgan fingerprint density at radius 1 is 1.11 bits per heavy atom. The average molecular weight is 378 g/mol. The fourth-order valence-corrected chi connectivity index (χ4v) is 3.41. The topological polar surface area (TPSA) is 90.6 Å². The van der Waals surface area contributed by atoms with Gasteiger partial charge in [-0.05, 0) is 36.8 Å². The monoisotopic (exact) mass is 378 g/mol. The molecule has 7 heteroatoms. The van der Waals surface area contributed by atoms with E-state index >= 15 is 0 Å². The molecule has 7 nitrogen and oxygen atoms in total. The van der Waals surface area contributed by atoms with Crippen LogP contribution in [-0.4, -0.2) is 26.9 Å². The highest BCUT2D eigenvalue weighted by Crippen LogP contribution is 2.29. The lowest BCUT2D eigenvalue weighted by Gasteiger charge is -2.24. The van der Waals surface area contributed by atoms with Gasteiger partial charge < -0.3 is 14.4 Å². The molecule has 1 saturated heterocycles. The van der Waals surface area contributed by atoms with E-state index in [9.17, 15) is 9.90 Å². The molecule has 1 aliphatic heterocycles. The smallest absolute Gasteiger partial charge is 0.241 e. The molecule has 3 N–H and O–H groups in total. The molecule has 0 spiro atoms. The maximum absolute atomic E-state index is 13.2. The van der Waals surface area contributed by atoms with Crippen molar-refractivity contribution in [3.63, 3.8) is 0 Å². The Morgan fingerprint density at radius 2 is 1.96 bits per heavy atom. The Morgan fingerprint density at radius 3 is 2.71 bits per heavy atom. The number of phenolic OH excluding ortho intramolecular Hbond substituents is 1. The Kier molecular flexibility index (Phi) is 5.36. The summed E-state index contributed by atoms with van der Waals surface area (Å²) in [5, 5.41) is 10.1. The molecule has 1 amide bonds. The molecule has 2 unspecified atom stereocenters. The normalized spacial score (nSPS) is 18.9. The largest absolute Gasteiger partial charge is 0.508 e. The van der Waals surface area contributed by atoms with Crippen LogP contribution in [0.1, 0.15) is 29.5 Å². The molecule has 4 rings (SSSR count). The number of carbonyl (C=O) groups excluding carboxylic acids is 1. The van der Waals surface area contributed by atoms with Gasteiger partial charge in [-0.3, -0.25) is 9.78 Å². The molecule has 0 saturated carbocycles. The van der Waals surface area contributed by atoms with E-state index in [0.29, 0.717) is 25.3 Å². The fourth-order valence-electron chi connectivity index (χ4n) is 3.41. The summed E-state index contributed by atoms with van der Waals surface area (Å²) in [4.78, 5) is 19.3. The zero-order valence-electron chi connectivity index (χ0n) is 15.3. The molecule has 3 heterocycles. The van der Waals surface area contributed by atoms with E-state index in [1.807, 2.05) is 42.5 Å². The number of nitrogens with zero attached hydrogens (tertiary/aromatic N) is 2. The highest BCUT2D eigenvalue weighted by molar-refractivity contribution is 5.82. The van der Waals surface area contributed by atoms with Crippen LogP contribution in [0.25, 0.3) is 0 Å². The van der Waals surface area contributed by atoms with E-state index in [-0.39, 0.29) is 17.7 Å². The minimum absolute atomic E-state index is 0.0486. The van der Waals surface area contributed by atoms with Gasteiger partial charge in [-0.25, -0.2) is 10.9 Å². The van der Waals surface area contributed by atoms with Gasteiger partial charge in [0, 0.05) is 11.8 Å². The van der Waals surface area contributed by atoms with Crippen molar-refractivity contribution in [2.45, 2.75) is 31.6 Å². The molecule has 144 valence electrons. The third kappa shape index (κ3) is 4.05. The lowest BCUT2D eigenvalue weighted by Crippen LogP contribution is -2.45. The molecule has 1 fully saturated rings. The van der Waals surface area contributed by atoms with Gasteiger partial charge in [0.1, 0.15) is 17.6 Å². The van der Waals surface area contributed by atoms with Crippen LogP contribution in [0.5, 0.6) is 5.75 Å². The van der Waals surface area contributed by atoms with Crippen molar-refractivity contribution in [3.05, 3.63) is 84.1 Å². The lowest BCUT2D eigenvalue weighted by atomic mass is 10.0. The van der Waals surface area contributed by atoms with Crippen molar-refractivity contribution in [3.8, 4) is 5.75 Å². The Labute approximate surface area is 163 Å². The molecule has 0 bridgehead atoms. The molecule has 3 aromatic rings. The van der Waals surface area contributed by atoms with Gasteiger partial charge in [0.2, 0.25) is 5.91 Å². The second-order valence-corrected chi connectivity index (χ2v) is 6.78. The van der Waals surface area contributed by atoms with E-state index < -0.39 is 6.04 Å². The molecule has 1 aliphatic rings. The number of hydrazine groups is 1. The predicted octanol–water partition coefficient (Wildman–Crippen LogP) is 2.52. The maximum Gasteiger partial charge on any atom is 0.241 e. The zero-order valence-corrected chi connectivity index (χ0v) is 15.3. The average Bonchev–Trinajstić information content (AvgIpc) is 3.40. The minimum Gasteiger partial charge on any atom is -0.508 e. The maximum atomic E-state index is 13.2. The molecular formula is C21H22N4O3. The van der Waals surface area contributed by atoms with Crippen molar-refractivity contribution < 1.29 is 14.3 Å². The second-order valence-electron chi connectivity index (χ2n) is 6.78. The predicted molar refractivity (Wildman–Crippen MR) is 103 cm³/mol. The first-order valence-corrected chi connectivity index (χ1v) is 9.21. The van der Waals surface area contributed by atoms with Gasteiger partial charge in [0.05, 0.1) is 31.1 Å². The Balaban J connectivity index is 1.49. The molecule has 2 aromatic heterocycles. The quantitative estimate of drug-likeness (QED) is 0.611. The number of rotatable bonds is 6. The summed E-state index contributed by atoms with van der Waals surface area (Å²) in [6.45, 7) is 0.752. The third-order valence-corrected chi connectivity index (χ3v) is 4.83. The highest BCUT2D eigenvalue weighted by atomic mass is 16.3. The second kappa shape index (κ2) is 8.24. The zero-order chi connectivity index (χ0) is 19.3. The molecule has 0 aliphatic carbocycles. The molecule has 0 radical (unpaired) electrons. The minimum atomic E-state index is -0.414. The van der Waals surface area contributed by atoms with Crippen LogP contribution >= 0.6 is 0 Å². The first-order valence-electron chi connectivity index (χ1n) is 9.21. The van der Waals surface area contributed by atoms with Gasteiger partial charge in [-0.2, -0.15) is 0 Å². The molecular weight excluding hydrogens is 356 g/mol. The van der Waals surface area contributed by atoms with E-state index in [0.717, 1.165) is 11.3 Å². The summed E-state index contributed by atoms with van der Waals surface area (Å²) >= 11 is 0. The molecule has 2 atom stereocenters. The first-order chi connectivity index (χ1) is 13.7. The number of phenols is 1. The lowest BCUT2D eigenvalue weighted by molar-refractivity contribution is -0.134. The summed E-state index contributed by atoms with van der Waals surface area (Å²) in [5.74, 6) is 0.885. The number of para-hydroxylation sites is 1. The number of hydrogen-bond donors (Lipinski definition) is 3. The molecule has 28 heavy (non-hydrogen) atoms. The number of nitrogens with one attached hydrogen (secondary N) is 2. The fraction of sp³-hybridized carbons (Fsp3) is 0.238. The van der Waals surface area contributed by atoms with Gasteiger partial charge in [-0.1, -0.05) is 24.3 Å². The van der Waals surface area contributed by atoms with Gasteiger partial charge in [0.15, 0.2) is 0 Å². The van der Waals surface area contributed by atoms with Crippen molar-refractivity contribution >= 4 is 5.91 Å². The molecule has 1 aromatic carbocycles. The summed E-state index contributed by atoms with van der Waals surface area (Å²) in [5.41, 5.74) is 7.78. The number of carbonyl (C=O) groups is 1. The Bertz CT molecular complexity index is 914. The van der Waals surface area contributed by atoms with Crippen LogP contribution in [0, 0.1) is 0 Å². The number of benzene rings is 1. The van der Waals surface area contributed by atoms with Crippen LogP contribution in [0.2, 0.25) is 0 Å². The summed E-state index contributed by atoms with van der Waals surface area (Å²) in [6.07, 6.45) is 3.85.